The summed E-state index contributed by atoms with van der Waals surface area (Å²) in [6.45, 7) is 0.703. The van der Waals surface area contributed by atoms with Crippen molar-refractivity contribution >= 4 is 11.9 Å². The standard InChI is InChI=1S/C20H27F3N2O6/c1-13(26)24-19(18(27)30-4,20(21,22)23)25(12-15-6-5-9-31-15)11-14-7-8-16(28-2)17(10-14)29-3/h7-8,10,15H,5-6,9,11-12H2,1-4H3,(H,24,26). The van der Waals surface area contributed by atoms with Crippen LogP contribution in [-0.4, -0.2) is 69.2 Å². The number of halogens is 3. The van der Waals surface area contributed by atoms with Gasteiger partial charge in [0.15, 0.2) is 11.5 Å². The van der Waals surface area contributed by atoms with Crippen molar-refractivity contribution in [1.82, 2.24) is 10.2 Å². The smallest absolute Gasteiger partial charge is 0.436 e. The molecule has 1 fully saturated rings. The number of alkyl halides is 3. The lowest BCUT2D eigenvalue weighted by Crippen LogP contribution is -2.73. The summed E-state index contributed by atoms with van der Waals surface area (Å²) in [5.74, 6) is -1.97. The third-order valence-corrected chi connectivity index (χ3v) is 4.99. The highest BCUT2D eigenvalue weighted by molar-refractivity contribution is 5.87. The largest absolute Gasteiger partial charge is 0.493 e. The molecule has 1 aliphatic rings. The van der Waals surface area contributed by atoms with Gasteiger partial charge in [0.25, 0.3) is 5.66 Å². The molecule has 8 nitrogen and oxygen atoms in total. The summed E-state index contributed by atoms with van der Waals surface area (Å²) < 4.78 is 63.7. The summed E-state index contributed by atoms with van der Waals surface area (Å²) in [6.07, 6.45) is -4.51. The molecule has 0 bridgehead atoms. The Morgan fingerprint density at radius 3 is 2.35 bits per heavy atom. The molecule has 1 N–H and O–H groups in total. The molecule has 11 heteroatoms. The minimum Gasteiger partial charge on any atom is -0.493 e. The van der Waals surface area contributed by atoms with Crippen LogP contribution in [-0.2, 0) is 25.6 Å². The van der Waals surface area contributed by atoms with Crippen LogP contribution in [0.25, 0.3) is 0 Å². The molecule has 0 radical (unpaired) electrons. The second-order valence-corrected chi connectivity index (χ2v) is 7.09. The van der Waals surface area contributed by atoms with Crippen LogP contribution in [0.15, 0.2) is 18.2 Å². The summed E-state index contributed by atoms with van der Waals surface area (Å²) in [5.41, 5.74) is -2.99. The minimum absolute atomic E-state index is 0.261. The zero-order valence-corrected chi connectivity index (χ0v) is 17.9. The molecule has 1 aliphatic heterocycles. The highest BCUT2D eigenvalue weighted by atomic mass is 19.4. The molecule has 0 spiro atoms. The van der Waals surface area contributed by atoms with Gasteiger partial charge in [-0.2, -0.15) is 13.2 Å². The number of ether oxygens (including phenoxy) is 4. The van der Waals surface area contributed by atoms with Crippen molar-refractivity contribution in [3.05, 3.63) is 23.8 Å². The topological polar surface area (TPSA) is 86.3 Å². The van der Waals surface area contributed by atoms with Crippen LogP contribution < -0.4 is 14.8 Å². The molecule has 174 valence electrons. The van der Waals surface area contributed by atoms with Crippen LogP contribution in [0.1, 0.15) is 25.3 Å². The van der Waals surface area contributed by atoms with Crippen molar-refractivity contribution in [3.63, 3.8) is 0 Å². The van der Waals surface area contributed by atoms with Gasteiger partial charge >= 0.3 is 12.1 Å². The number of amides is 1. The number of hydrogen-bond donors (Lipinski definition) is 1. The average molecular weight is 448 g/mol. The van der Waals surface area contributed by atoms with Gasteiger partial charge in [0.05, 0.1) is 27.4 Å². The van der Waals surface area contributed by atoms with Gasteiger partial charge in [-0.25, -0.2) is 4.79 Å². The van der Waals surface area contributed by atoms with Crippen molar-refractivity contribution in [2.24, 2.45) is 0 Å². The maximum Gasteiger partial charge on any atom is 0.436 e. The second kappa shape index (κ2) is 10.2. The van der Waals surface area contributed by atoms with E-state index in [9.17, 15) is 22.8 Å². The Hall–Kier alpha value is -2.53. The predicted octanol–water partition coefficient (Wildman–Crippen LogP) is 2.25. The Bertz CT molecular complexity index is 783. The van der Waals surface area contributed by atoms with Crippen LogP contribution in [0.4, 0.5) is 13.2 Å². The quantitative estimate of drug-likeness (QED) is 0.458. The highest BCUT2D eigenvalue weighted by Crippen LogP contribution is 2.37. The van der Waals surface area contributed by atoms with Crippen LogP contribution in [0.2, 0.25) is 0 Å². The van der Waals surface area contributed by atoms with E-state index in [-0.39, 0.29) is 13.1 Å². The number of nitrogens with one attached hydrogen (secondary N) is 1. The minimum atomic E-state index is -5.18. The zero-order chi connectivity index (χ0) is 23.2. The van der Waals surface area contributed by atoms with Crippen LogP contribution in [0.3, 0.4) is 0 Å². The van der Waals surface area contributed by atoms with Crippen molar-refractivity contribution in [1.29, 1.82) is 0 Å². The first-order chi connectivity index (χ1) is 14.6. The molecule has 31 heavy (non-hydrogen) atoms. The fourth-order valence-electron chi connectivity index (χ4n) is 3.58. The number of carbonyl (C=O) groups is 2. The van der Waals surface area contributed by atoms with Crippen molar-refractivity contribution in [3.8, 4) is 11.5 Å². The lowest BCUT2D eigenvalue weighted by Gasteiger charge is -2.43. The fraction of sp³-hybridized carbons (Fsp3) is 0.600. The second-order valence-electron chi connectivity index (χ2n) is 7.09. The van der Waals surface area contributed by atoms with Gasteiger partial charge in [-0.3, -0.25) is 9.69 Å². The first kappa shape index (κ1) is 24.7. The Morgan fingerprint density at radius 2 is 1.87 bits per heavy atom. The maximum atomic E-state index is 14.4. The summed E-state index contributed by atoms with van der Waals surface area (Å²) in [6, 6.07) is 4.60. The van der Waals surface area contributed by atoms with Gasteiger partial charge in [-0.1, -0.05) is 6.07 Å². The van der Waals surface area contributed by atoms with E-state index in [1.807, 2.05) is 0 Å². The Labute approximate surface area is 178 Å². The molecule has 2 atom stereocenters. The van der Waals surface area contributed by atoms with Gasteiger partial charge in [-0.05, 0) is 30.5 Å². The average Bonchev–Trinajstić information content (AvgIpc) is 3.22. The number of nitrogens with zero attached hydrogens (tertiary/aromatic N) is 1. The van der Waals surface area contributed by atoms with E-state index in [1.165, 1.54) is 20.3 Å². The summed E-state index contributed by atoms with van der Waals surface area (Å²) in [7, 11) is 3.67. The van der Waals surface area contributed by atoms with Crippen LogP contribution in [0, 0.1) is 0 Å². The molecule has 1 aromatic rings. The van der Waals surface area contributed by atoms with Crippen molar-refractivity contribution in [2.45, 2.75) is 44.3 Å². The van der Waals surface area contributed by atoms with Crippen LogP contribution in [0.5, 0.6) is 11.5 Å². The molecule has 2 rings (SSSR count). The van der Waals surface area contributed by atoms with Gasteiger partial charge in [0.1, 0.15) is 0 Å². The summed E-state index contributed by atoms with van der Waals surface area (Å²) >= 11 is 0. The van der Waals surface area contributed by atoms with Gasteiger partial charge in [-0.15, -0.1) is 0 Å². The van der Waals surface area contributed by atoms with Gasteiger partial charge < -0.3 is 24.3 Å². The molecule has 2 unspecified atom stereocenters. The number of rotatable bonds is 9. The Morgan fingerprint density at radius 1 is 1.19 bits per heavy atom. The van der Waals surface area contributed by atoms with E-state index in [4.69, 9.17) is 14.2 Å². The number of carbonyl (C=O) groups excluding carboxylic acids is 2. The lowest BCUT2D eigenvalue weighted by atomic mass is 10.0. The number of benzene rings is 1. The zero-order valence-electron chi connectivity index (χ0n) is 17.9. The monoisotopic (exact) mass is 448 g/mol. The molecule has 1 aromatic carbocycles. The molecule has 1 amide bonds. The van der Waals surface area contributed by atoms with Crippen molar-refractivity contribution < 1.29 is 41.7 Å². The predicted molar refractivity (Wildman–Crippen MR) is 104 cm³/mol. The first-order valence-electron chi connectivity index (χ1n) is 9.60. The number of esters is 1. The fourth-order valence-corrected chi connectivity index (χ4v) is 3.58. The van der Waals surface area contributed by atoms with E-state index in [2.05, 4.69) is 4.74 Å². The van der Waals surface area contributed by atoms with E-state index >= 15 is 0 Å². The van der Waals surface area contributed by atoms with Gasteiger partial charge in [0, 0.05) is 26.6 Å². The van der Waals surface area contributed by atoms with Crippen LogP contribution >= 0.6 is 0 Å². The Balaban J connectivity index is 2.57. The molecule has 0 aromatic heterocycles. The molecular formula is C20H27F3N2O6. The van der Waals surface area contributed by atoms with Crippen molar-refractivity contribution in [2.75, 3.05) is 34.5 Å². The number of methoxy groups -OCH3 is 3. The number of hydrogen-bond acceptors (Lipinski definition) is 7. The first-order valence-corrected chi connectivity index (χ1v) is 9.60. The van der Waals surface area contributed by atoms with E-state index < -0.39 is 29.8 Å². The third kappa shape index (κ3) is 5.40. The highest BCUT2D eigenvalue weighted by Gasteiger charge is 2.66. The van der Waals surface area contributed by atoms with E-state index in [0.717, 1.165) is 18.9 Å². The SMILES string of the molecule is COC(=O)C(NC(C)=O)(N(Cc1ccc(OC)c(OC)c1)CC1CCCO1)C(F)(F)F. The molecule has 1 heterocycles. The molecule has 0 aliphatic carbocycles. The normalized spacial score (nSPS) is 18.4. The van der Waals surface area contributed by atoms with E-state index in [1.54, 1.807) is 17.4 Å². The Kier molecular flexibility index (Phi) is 8.13. The van der Waals surface area contributed by atoms with Gasteiger partial charge in [0.2, 0.25) is 5.91 Å². The lowest BCUT2D eigenvalue weighted by molar-refractivity contribution is -0.252. The molecule has 1 saturated heterocycles. The summed E-state index contributed by atoms with van der Waals surface area (Å²) in [4.78, 5) is 25.2. The molecule has 0 saturated carbocycles. The molecular weight excluding hydrogens is 421 g/mol. The summed E-state index contributed by atoms with van der Waals surface area (Å²) in [5, 5.41) is 1.81. The third-order valence-electron chi connectivity index (χ3n) is 4.99. The maximum absolute atomic E-state index is 14.4. The van der Waals surface area contributed by atoms with E-state index in [0.29, 0.717) is 36.5 Å².